The fraction of sp³-hybridized carbons (Fsp3) is 0.588. The lowest BCUT2D eigenvalue weighted by Gasteiger charge is -2.27. The Morgan fingerprint density at radius 1 is 1.28 bits per heavy atom. The predicted octanol–water partition coefficient (Wildman–Crippen LogP) is 1.77. The molecule has 1 aromatic heterocycles. The topological polar surface area (TPSA) is 92.8 Å². The van der Waals surface area contributed by atoms with Crippen LogP contribution in [0.5, 0.6) is 0 Å². The van der Waals surface area contributed by atoms with Crippen molar-refractivity contribution in [3.05, 3.63) is 18.3 Å². The molecule has 2 N–H and O–H groups in total. The maximum Gasteiger partial charge on any atom is 0.408 e. The molecule has 0 aliphatic carbocycles. The third-order valence-corrected chi connectivity index (χ3v) is 3.48. The van der Waals surface area contributed by atoms with Crippen molar-refractivity contribution in [3.63, 3.8) is 0 Å². The molecule has 0 aromatic carbocycles. The first-order chi connectivity index (χ1) is 11.7. The number of carbonyl (C=O) groups is 2. The Hall–Kier alpha value is -2.35. The van der Waals surface area contributed by atoms with E-state index in [1.54, 1.807) is 40.0 Å². The van der Waals surface area contributed by atoms with Gasteiger partial charge in [0.1, 0.15) is 17.5 Å². The highest BCUT2D eigenvalue weighted by atomic mass is 16.6. The Kier molecular flexibility index (Phi) is 6.19. The van der Waals surface area contributed by atoms with Crippen molar-refractivity contribution in [3.8, 4) is 0 Å². The molecule has 1 aliphatic rings. The second kappa shape index (κ2) is 8.15. The van der Waals surface area contributed by atoms with Gasteiger partial charge in [-0.1, -0.05) is 0 Å². The van der Waals surface area contributed by atoms with Crippen LogP contribution in [-0.2, 0) is 14.3 Å². The van der Waals surface area contributed by atoms with E-state index in [0.29, 0.717) is 18.9 Å². The monoisotopic (exact) mass is 350 g/mol. The van der Waals surface area contributed by atoms with Crippen LogP contribution >= 0.6 is 0 Å². The molecule has 1 aliphatic heterocycles. The van der Waals surface area contributed by atoms with Crippen LogP contribution in [0.15, 0.2) is 18.3 Å². The fourth-order valence-electron chi connectivity index (χ4n) is 2.24. The van der Waals surface area contributed by atoms with Gasteiger partial charge in [0.05, 0.1) is 25.1 Å². The van der Waals surface area contributed by atoms with Crippen LogP contribution in [0.4, 0.5) is 16.3 Å². The van der Waals surface area contributed by atoms with Gasteiger partial charge in [0.25, 0.3) is 0 Å². The van der Waals surface area contributed by atoms with Gasteiger partial charge in [-0.3, -0.25) is 4.79 Å². The third kappa shape index (κ3) is 6.22. The van der Waals surface area contributed by atoms with Crippen molar-refractivity contribution >= 4 is 23.5 Å². The van der Waals surface area contributed by atoms with Gasteiger partial charge in [-0.05, 0) is 39.8 Å². The highest BCUT2D eigenvalue weighted by Crippen LogP contribution is 2.15. The number of hydrogen-bond acceptors (Lipinski definition) is 6. The Labute approximate surface area is 147 Å². The molecule has 8 heteroatoms. The van der Waals surface area contributed by atoms with E-state index in [1.807, 2.05) is 6.07 Å². The first-order valence-corrected chi connectivity index (χ1v) is 8.34. The van der Waals surface area contributed by atoms with Crippen LogP contribution in [0, 0.1) is 0 Å². The lowest BCUT2D eigenvalue weighted by molar-refractivity contribution is -0.117. The average molecular weight is 350 g/mol. The summed E-state index contributed by atoms with van der Waals surface area (Å²) < 4.78 is 10.4. The maximum absolute atomic E-state index is 12.2. The summed E-state index contributed by atoms with van der Waals surface area (Å²) in [7, 11) is 0. The summed E-state index contributed by atoms with van der Waals surface area (Å²) in [5.41, 5.74) is -0.0423. The molecule has 138 valence electrons. The Bertz CT molecular complexity index is 592. The number of morpholine rings is 1. The molecule has 0 spiro atoms. The van der Waals surface area contributed by atoms with Gasteiger partial charge in [-0.15, -0.1) is 0 Å². The van der Waals surface area contributed by atoms with Gasteiger partial charge in [0.2, 0.25) is 5.91 Å². The molecule has 1 unspecified atom stereocenters. The summed E-state index contributed by atoms with van der Waals surface area (Å²) in [6.07, 6.45) is 0.971. The van der Waals surface area contributed by atoms with Gasteiger partial charge in [-0.2, -0.15) is 0 Å². The number of aromatic nitrogens is 1. The lowest BCUT2D eigenvalue weighted by atomic mass is 10.2. The van der Waals surface area contributed by atoms with Crippen molar-refractivity contribution in [1.29, 1.82) is 0 Å². The second-order valence-electron chi connectivity index (χ2n) is 6.86. The summed E-state index contributed by atoms with van der Waals surface area (Å²) in [6, 6.07) is 2.91. The second-order valence-corrected chi connectivity index (χ2v) is 6.86. The SMILES string of the molecule is CC(NC(=O)OC(C)(C)C)C(=O)Nc1ccc(N2CCOCC2)nc1. The minimum absolute atomic E-state index is 0.341. The van der Waals surface area contributed by atoms with E-state index >= 15 is 0 Å². The van der Waals surface area contributed by atoms with Gasteiger partial charge in [0.15, 0.2) is 0 Å². The van der Waals surface area contributed by atoms with Gasteiger partial charge < -0.3 is 25.0 Å². The van der Waals surface area contributed by atoms with E-state index in [1.165, 1.54) is 0 Å². The Balaban J connectivity index is 1.86. The van der Waals surface area contributed by atoms with E-state index in [9.17, 15) is 9.59 Å². The van der Waals surface area contributed by atoms with Crippen LogP contribution in [-0.4, -0.2) is 54.9 Å². The van der Waals surface area contributed by atoms with Crippen molar-refractivity contribution in [2.45, 2.75) is 39.3 Å². The number of ether oxygens (including phenoxy) is 2. The van der Waals surface area contributed by atoms with Crippen LogP contribution in [0.25, 0.3) is 0 Å². The van der Waals surface area contributed by atoms with Crippen LogP contribution in [0.2, 0.25) is 0 Å². The van der Waals surface area contributed by atoms with Crippen LogP contribution in [0.1, 0.15) is 27.7 Å². The molecular formula is C17H26N4O4. The van der Waals surface area contributed by atoms with Crippen molar-refractivity contribution in [1.82, 2.24) is 10.3 Å². The molecule has 0 bridgehead atoms. The van der Waals surface area contributed by atoms with Crippen molar-refractivity contribution < 1.29 is 19.1 Å². The quantitative estimate of drug-likeness (QED) is 0.860. The van der Waals surface area contributed by atoms with E-state index in [2.05, 4.69) is 20.5 Å². The molecule has 2 heterocycles. The van der Waals surface area contributed by atoms with Crippen molar-refractivity contribution in [2.75, 3.05) is 36.5 Å². The number of alkyl carbamates (subject to hydrolysis) is 1. The van der Waals surface area contributed by atoms with E-state index < -0.39 is 17.7 Å². The minimum atomic E-state index is -0.728. The number of rotatable bonds is 4. The zero-order valence-electron chi connectivity index (χ0n) is 15.2. The van der Waals surface area contributed by atoms with Crippen LogP contribution < -0.4 is 15.5 Å². The maximum atomic E-state index is 12.2. The summed E-state index contributed by atoms with van der Waals surface area (Å²) in [4.78, 5) is 30.4. The largest absolute Gasteiger partial charge is 0.444 e. The minimum Gasteiger partial charge on any atom is -0.444 e. The van der Waals surface area contributed by atoms with E-state index in [4.69, 9.17) is 9.47 Å². The smallest absolute Gasteiger partial charge is 0.408 e. The highest BCUT2D eigenvalue weighted by Gasteiger charge is 2.21. The lowest BCUT2D eigenvalue weighted by Crippen LogP contribution is -2.44. The number of pyridine rings is 1. The summed E-state index contributed by atoms with van der Waals surface area (Å²) in [5.74, 6) is 0.507. The average Bonchev–Trinajstić information content (AvgIpc) is 2.54. The Morgan fingerprint density at radius 3 is 2.52 bits per heavy atom. The zero-order chi connectivity index (χ0) is 18.4. The van der Waals surface area contributed by atoms with E-state index in [-0.39, 0.29) is 5.91 Å². The van der Waals surface area contributed by atoms with Gasteiger partial charge in [-0.25, -0.2) is 9.78 Å². The van der Waals surface area contributed by atoms with Gasteiger partial charge in [0, 0.05) is 13.1 Å². The molecule has 1 saturated heterocycles. The molecule has 1 atom stereocenters. The number of nitrogens with one attached hydrogen (secondary N) is 2. The summed E-state index contributed by atoms with van der Waals surface area (Å²) >= 11 is 0. The summed E-state index contributed by atoms with van der Waals surface area (Å²) in [6.45, 7) is 9.86. The molecular weight excluding hydrogens is 324 g/mol. The molecule has 8 nitrogen and oxygen atoms in total. The first kappa shape index (κ1) is 19.0. The normalized spacial score (nSPS) is 16.1. The summed E-state index contributed by atoms with van der Waals surface area (Å²) in [5, 5.41) is 5.23. The molecule has 25 heavy (non-hydrogen) atoms. The molecule has 2 amide bonds. The zero-order valence-corrected chi connectivity index (χ0v) is 15.2. The number of carbonyl (C=O) groups excluding carboxylic acids is 2. The number of hydrogen-bond donors (Lipinski definition) is 2. The molecule has 0 radical (unpaired) electrons. The molecule has 0 saturated carbocycles. The molecule has 1 fully saturated rings. The van der Waals surface area contributed by atoms with Crippen LogP contribution in [0.3, 0.4) is 0 Å². The molecule has 2 rings (SSSR count). The number of anilines is 2. The third-order valence-electron chi connectivity index (χ3n) is 3.48. The standard InChI is InChI=1S/C17H26N4O4/c1-12(19-16(23)25-17(2,3)4)15(22)20-13-5-6-14(18-11-13)21-7-9-24-10-8-21/h5-6,11-12H,7-10H2,1-4H3,(H,19,23)(H,20,22). The molecule has 1 aromatic rings. The number of nitrogens with zero attached hydrogens (tertiary/aromatic N) is 2. The van der Waals surface area contributed by atoms with Gasteiger partial charge >= 0.3 is 6.09 Å². The number of amides is 2. The van der Waals surface area contributed by atoms with E-state index in [0.717, 1.165) is 18.9 Å². The van der Waals surface area contributed by atoms with Crippen molar-refractivity contribution in [2.24, 2.45) is 0 Å². The first-order valence-electron chi connectivity index (χ1n) is 8.34. The Morgan fingerprint density at radius 2 is 1.96 bits per heavy atom. The highest BCUT2D eigenvalue weighted by molar-refractivity contribution is 5.96. The fourth-order valence-corrected chi connectivity index (χ4v) is 2.24. The predicted molar refractivity (Wildman–Crippen MR) is 94.7 cm³/mol.